The van der Waals surface area contributed by atoms with Crippen LogP contribution in [0.5, 0.6) is 0 Å². The zero-order valence-corrected chi connectivity index (χ0v) is 12.0. The number of hydrogen-bond acceptors (Lipinski definition) is 3. The van der Waals surface area contributed by atoms with Gasteiger partial charge in [-0.2, -0.15) is 0 Å². The quantitative estimate of drug-likeness (QED) is 0.656. The van der Waals surface area contributed by atoms with Crippen LogP contribution in [0.1, 0.15) is 62.0 Å². The highest BCUT2D eigenvalue weighted by atomic mass is 16.5. The van der Waals surface area contributed by atoms with Gasteiger partial charge in [0.2, 0.25) is 0 Å². The fourth-order valence-electron chi connectivity index (χ4n) is 3.23. The lowest BCUT2D eigenvalue weighted by Crippen LogP contribution is -2.41. The molecule has 110 valence electrons. The molecule has 1 heterocycles. The van der Waals surface area contributed by atoms with Crippen molar-refractivity contribution in [1.82, 2.24) is 10.5 Å². The van der Waals surface area contributed by atoms with Crippen LogP contribution in [0.3, 0.4) is 0 Å². The topological polar surface area (TPSA) is 76.4 Å². The molecular formula is C15H24N4O. The van der Waals surface area contributed by atoms with Crippen LogP contribution in [0.25, 0.3) is 0 Å². The average Bonchev–Trinajstić information content (AvgIpc) is 2.89. The molecule has 0 bridgehead atoms. The van der Waals surface area contributed by atoms with E-state index in [-0.39, 0.29) is 0 Å². The number of fused-ring (bicyclic) bond motifs is 1. The van der Waals surface area contributed by atoms with E-state index in [4.69, 9.17) is 10.3 Å². The second-order valence-electron chi connectivity index (χ2n) is 5.92. The zero-order valence-electron chi connectivity index (χ0n) is 12.0. The molecule has 2 aliphatic rings. The Labute approximate surface area is 120 Å². The predicted molar refractivity (Wildman–Crippen MR) is 78.5 cm³/mol. The van der Waals surface area contributed by atoms with E-state index in [1.54, 1.807) is 0 Å². The van der Waals surface area contributed by atoms with Crippen molar-refractivity contribution in [3.05, 3.63) is 17.0 Å². The molecule has 1 aromatic heterocycles. The molecule has 20 heavy (non-hydrogen) atoms. The highest BCUT2D eigenvalue weighted by Gasteiger charge is 2.19. The fourth-order valence-corrected chi connectivity index (χ4v) is 3.23. The molecule has 1 fully saturated rings. The van der Waals surface area contributed by atoms with Crippen molar-refractivity contribution in [2.24, 2.45) is 10.7 Å². The Balaban J connectivity index is 1.57. The van der Waals surface area contributed by atoms with E-state index in [1.807, 2.05) is 0 Å². The van der Waals surface area contributed by atoms with E-state index in [0.29, 0.717) is 18.5 Å². The maximum absolute atomic E-state index is 5.98. The summed E-state index contributed by atoms with van der Waals surface area (Å²) in [6.45, 7) is 0.532. The Morgan fingerprint density at radius 2 is 2.00 bits per heavy atom. The number of aryl methyl sites for hydroxylation is 1. The molecule has 5 heteroatoms. The van der Waals surface area contributed by atoms with Gasteiger partial charge in [0.15, 0.2) is 5.96 Å². The number of guanidine groups is 1. The first kappa shape index (κ1) is 13.5. The summed E-state index contributed by atoms with van der Waals surface area (Å²) in [5.74, 6) is 1.60. The molecule has 0 aromatic carbocycles. The molecule has 0 atom stereocenters. The number of hydrogen-bond donors (Lipinski definition) is 2. The van der Waals surface area contributed by atoms with Crippen molar-refractivity contribution < 1.29 is 4.52 Å². The summed E-state index contributed by atoms with van der Waals surface area (Å²) in [7, 11) is 0. The predicted octanol–water partition coefficient (Wildman–Crippen LogP) is 2.29. The van der Waals surface area contributed by atoms with E-state index in [2.05, 4.69) is 15.5 Å². The van der Waals surface area contributed by atoms with E-state index >= 15 is 0 Å². The SMILES string of the molecule is NC(=NCc1noc2c1CCCC2)NC1CCCCC1. The monoisotopic (exact) mass is 276 g/mol. The molecule has 0 unspecified atom stereocenters. The van der Waals surface area contributed by atoms with Crippen LogP contribution in [0.15, 0.2) is 9.52 Å². The van der Waals surface area contributed by atoms with Crippen LogP contribution in [0.4, 0.5) is 0 Å². The number of nitrogens with two attached hydrogens (primary N) is 1. The zero-order chi connectivity index (χ0) is 13.8. The summed E-state index contributed by atoms with van der Waals surface area (Å²) < 4.78 is 5.39. The van der Waals surface area contributed by atoms with Gasteiger partial charge in [-0.25, -0.2) is 4.99 Å². The lowest BCUT2D eigenvalue weighted by atomic mass is 9.96. The first-order valence-corrected chi connectivity index (χ1v) is 7.85. The van der Waals surface area contributed by atoms with Gasteiger partial charge in [0, 0.05) is 18.0 Å². The van der Waals surface area contributed by atoms with Crippen LogP contribution < -0.4 is 11.1 Å². The molecule has 1 saturated carbocycles. The van der Waals surface area contributed by atoms with Gasteiger partial charge in [-0.3, -0.25) is 0 Å². The largest absolute Gasteiger partial charge is 0.370 e. The maximum Gasteiger partial charge on any atom is 0.189 e. The maximum atomic E-state index is 5.98. The molecular weight excluding hydrogens is 252 g/mol. The van der Waals surface area contributed by atoms with Gasteiger partial charge in [0.05, 0.1) is 6.54 Å². The summed E-state index contributed by atoms with van der Waals surface area (Å²) >= 11 is 0. The van der Waals surface area contributed by atoms with Crippen LogP contribution in [0.2, 0.25) is 0 Å². The van der Waals surface area contributed by atoms with Gasteiger partial charge in [-0.05, 0) is 32.1 Å². The molecule has 0 amide bonds. The Hall–Kier alpha value is -1.52. The molecule has 0 radical (unpaired) electrons. The fraction of sp³-hybridized carbons (Fsp3) is 0.733. The van der Waals surface area contributed by atoms with Crippen molar-refractivity contribution in [3.8, 4) is 0 Å². The molecule has 1 aromatic rings. The van der Waals surface area contributed by atoms with E-state index < -0.39 is 0 Å². The summed E-state index contributed by atoms with van der Waals surface area (Å²) in [6, 6.07) is 0.499. The van der Waals surface area contributed by atoms with Crippen molar-refractivity contribution in [3.63, 3.8) is 0 Å². The Bertz CT molecular complexity index is 474. The highest BCUT2D eigenvalue weighted by Crippen LogP contribution is 2.24. The average molecular weight is 276 g/mol. The van der Waals surface area contributed by atoms with Crippen LogP contribution >= 0.6 is 0 Å². The van der Waals surface area contributed by atoms with Crippen molar-refractivity contribution in [2.45, 2.75) is 70.4 Å². The van der Waals surface area contributed by atoms with Crippen LogP contribution in [-0.2, 0) is 19.4 Å². The first-order valence-electron chi connectivity index (χ1n) is 7.85. The first-order chi connectivity index (χ1) is 9.83. The second kappa shape index (κ2) is 6.29. The smallest absolute Gasteiger partial charge is 0.189 e. The lowest BCUT2D eigenvalue weighted by Gasteiger charge is -2.23. The third-order valence-corrected chi connectivity index (χ3v) is 4.39. The number of nitrogens with zero attached hydrogens (tertiary/aromatic N) is 2. The van der Waals surface area contributed by atoms with E-state index in [1.165, 1.54) is 50.5 Å². The molecule has 3 N–H and O–H groups in total. The van der Waals surface area contributed by atoms with Crippen molar-refractivity contribution in [1.29, 1.82) is 0 Å². The molecule has 3 rings (SSSR count). The molecule has 0 aliphatic heterocycles. The summed E-state index contributed by atoms with van der Waals surface area (Å²) in [5.41, 5.74) is 8.21. The molecule has 0 spiro atoms. The van der Waals surface area contributed by atoms with Crippen molar-refractivity contribution >= 4 is 5.96 Å². The van der Waals surface area contributed by atoms with Gasteiger partial charge in [0.25, 0.3) is 0 Å². The van der Waals surface area contributed by atoms with Gasteiger partial charge < -0.3 is 15.6 Å². The molecule has 5 nitrogen and oxygen atoms in total. The van der Waals surface area contributed by atoms with Crippen molar-refractivity contribution in [2.75, 3.05) is 0 Å². The Morgan fingerprint density at radius 3 is 2.85 bits per heavy atom. The minimum Gasteiger partial charge on any atom is -0.370 e. The van der Waals surface area contributed by atoms with Crippen LogP contribution in [-0.4, -0.2) is 17.2 Å². The highest BCUT2D eigenvalue weighted by molar-refractivity contribution is 5.78. The van der Waals surface area contributed by atoms with Gasteiger partial charge in [-0.1, -0.05) is 24.4 Å². The summed E-state index contributed by atoms with van der Waals surface area (Å²) in [5, 5.41) is 7.48. The normalized spacial score (nSPS) is 20.7. The van der Waals surface area contributed by atoms with Gasteiger partial charge in [-0.15, -0.1) is 0 Å². The summed E-state index contributed by atoms with van der Waals surface area (Å²) in [6.07, 6.45) is 10.9. The minimum absolute atomic E-state index is 0.499. The van der Waals surface area contributed by atoms with E-state index in [9.17, 15) is 0 Å². The van der Waals surface area contributed by atoms with E-state index in [0.717, 1.165) is 24.3 Å². The standard InChI is InChI=1S/C15H24N4O/c16-15(18-11-6-2-1-3-7-11)17-10-13-12-8-4-5-9-14(12)20-19-13/h11H,1-10H2,(H3,16,17,18). The Kier molecular flexibility index (Phi) is 4.23. The third-order valence-electron chi connectivity index (χ3n) is 4.39. The Morgan fingerprint density at radius 1 is 1.20 bits per heavy atom. The summed E-state index contributed by atoms with van der Waals surface area (Å²) in [4.78, 5) is 4.43. The van der Waals surface area contributed by atoms with Gasteiger partial charge >= 0.3 is 0 Å². The number of aliphatic imine (C=N–C) groups is 1. The number of aromatic nitrogens is 1. The third kappa shape index (κ3) is 3.14. The minimum atomic E-state index is 0.499. The number of nitrogens with one attached hydrogen (secondary N) is 1. The van der Waals surface area contributed by atoms with Crippen LogP contribution in [0, 0.1) is 0 Å². The van der Waals surface area contributed by atoms with Gasteiger partial charge in [0.1, 0.15) is 11.5 Å². The number of rotatable bonds is 3. The molecule has 2 aliphatic carbocycles. The molecule has 0 saturated heterocycles. The lowest BCUT2D eigenvalue weighted by molar-refractivity contribution is 0.368. The second-order valence-corrected chi connectivity index (χ2v) is 5.92.